The molecule has 0 fully saturated rings. The van der Waals surface area contributed by atoms with Crippen molar-refractivity contribution >= 4 is 55.8 Å². The van der Waals surface area contributed by atoms with Crippen LogP contribution in [0.2, 0.25) is 0 Å². The number of carbonyl (C=O) groups is 1. The van der Waals surface area contributed by atoms with E-state index in [4.69, 9.17) is 17.0 Å². The van der Waals surface area contributed by atoms with Crippen molar-refractivity contribution in [2.45, 2.75) is 26.1 Å². The minimum absolute atomic E-state index is 0.133. The smallest absolute Gasteiger partial charge is 0.338 e. The summed E-state index contributed by atoms with van der Waals surface area (Å²) in [5.41, 5.74) is 1.45. The Kier molecular flexibility index (Phi) is 6.82. The van der Waals surface area contributed by atoms with Gasteiger partial charge in [-0.1, -0.05) is 36.1 Å². The molecule has 2 aromatic heterocycles. The fraction of sp³-hybridized carbons (Fsp3) is 0.263. The van der Waals surface area contributed by atoms with Crippen molar-refractivity contribution < 1.29 is 9.53 Å². The zero-order valence-corrected chi connectivity index (χ0v) is 17.9. The van der Waals surface area contributed by atoms with Crippen molar-refractivity contribution in [2.24, 2.45) is 0 Å². The van der Waals surface area contributed by atoms with Crippen LogP contribution in [0.3, 0.4) is 0 Å². The fourth-order valence-corrected chi connectivity index (χ4v) is 4.30. The van der Waals surface area contributed by atoms with E-state index in [-0.39, 0.29) is 11.5 Å². The maximum absolute atomic E-state index is 12.1. The Labute approximate surface area is 175 Å². The number of thiocarbonyl (C=S) groups is 1. The van der Waals surface area contributed by atoms with Gasteiger partial charge in [-0.25, -0.2) is 9.78 Å². The molecule has 146 valence electrons. The highest BCUT2D eigenvalue weighted by Crippen LogP contribution is 2.20. The van der Waals surface area contributed by atoms with Crippen molar-refractivity contribution in [2.75, 3.05) is 6.61 Å². The van der Waals surface area contributed by atoms with Gasteiger partial charge < -0.3 is 15.0 Å². The van der Waals surface area contributed by atoms with E-state index >= 15 is 0 Å². The highest BCUT2D eigenvalue weighted by atomic mass is 32.2. The van der Waals surface area contributed by atoms with Crippen molar-refractivity contribution in [1.82, 2.24) is 15.3 Å². The normalized spacial score (nSPS) is 10.8. The average Bonchev–Trinajstić information content (AvgIpc) is 3.06. The van der Waals surface area contributed by atoms with Gasteiger partial charge in [-0.05, 0) is 37.6 Å². The van der Waals surface area contributed by atoms with Gasteiger partial charge in [0.2, 0.25) is 0 Å². The van der Waals surface area contributed by atoms with Crippen molar-refractivity contribution in [3.63, 3.8) is 0 Å². The van der Waals surface area contributed by atoms with E-state index in [0.29, 0.717) is 40.0 Å². The molecule has 0 aliphatic heterocycles. The number of aromatic nitrogens is 2. The second kappa shape index (κ2) is 9.31. The summed E-state index contributed by atoms with van der Waals surface area (Å²) in [6.45, 7) is 4.45. The average molecular weight is 434 g/mol. The maximum atomic E-state index is 12.1. The van der Waals surface area contributed by atoms with Crippen LogP contribution in [-0.4, -0.2) is 26.9 Å². The number of thiophene rings is 1. The van der Waals surface area contributed by atoms with Gasteiger partial charge in [-0.3, -0.25) is 4.79 Å². The molecule has 1 aromatic carbocycles. The largest absolute Gasteiger partial charge is 0.462 e. The SMILES string of the molecule is CCOC(=O)c1ccc(CSC(=S)NCc2nc3sc(C)cc3c(=O)[nH]2)cc1. The minimum Gasteiger partial charge on any atom is -0.462 e. The molecule has 3 aromatic rings. The van der Waals surface area contributed by atoms with Gasteiger partial charge in [0.05, 0.1) is 24.1 Å². The molecule has 0 radical (unpaired) electrons. The first kappa shape index (κ1) is 20.5. The highest BCUT2D eigenvalue weighted by molar-refractivity contribution is 8.22. The maximum Gasteiger partial charge on any atom is 0.338 e. The molecule has 6 nitrogen and oxygen atoms in total. The Morgan fingerprint density at radius 2 is 2.11 bits per heavy atom. The van der Waals surface area contributed by atoms with Crippen LogP contribution < -0.4 is 10.9 Å². The summed E-state index contributed by atoms with van der Waals surface area (Å²) >= 11 is 8.32. The number of fused-ring (bicyclic) bond motifs is 1. The number of ether oxygens (including phenoxy) is 1. The second-order valence-electron chi connectivity index (χ2n) is 5.94. The minimum atomic E-state index is -0.321. The van der Waals surface area contributed by atoms with Crippen LogP contribution in [0.4, 0.5) is 0 Å². The third-order valence-corrected chi connectivity index (χ3v) is 6.14. The van der Waals surface area contributed by atoms with Crippen LogP contribution >= 0.6 is 35.3 Å². The molecule has 28 heavy (non-hydrogen) atoms. The molecule has 0 saturated carbocycles. The summed E-state index contributed by atoms with van der Waals surface area (Å²) < 4.78 is 5.58. The predicted molar refractivity (Wildman–Crippen MR) is 118 cm³/mol. The number of aromatic amines is 1. The molecule has 2 heterocycles. The lowest BCUT2D eigenvalue weighted by atomic mass is 10.1. The zero-order valence-electron chi connectivity index (χ0n) is 15.4. The first-order chi connectivity index (χ1) is 13.5. The molecule has 0 saturated heterocycles. The summed E-state index contributed by atoms with van der Waals surface area (Å²) in [5, 5.41) is 3.73. The summed E-state index contributed by atoms with van der Waals surface area (Å²) in [6.07, 6.45) is 0. The third kappa shape index (κ3) is 5.18. The molecule has 0 unspecified atom stereocenters. The van der Waals surface area contributed by atoms with Gasteiger partial charge in [-0.15, -0.1) is 11.3 Å². The number of aryl methyl sites for hydroxylation is 1. The van der Waals surface area contributed by atoms with E-state index in [1.54, 1.807) is 19.1 Å². The highest BCUT2D eigenvalue weighted by Gasteiger charge is 2.09. The molecule has 0 spiro atoms. The van der Waals surface area contributed by atoms with E-state index in [0.717, 1.165) is 15.3 Å². The summed E-state index contributed by atoms with van der Waals surface area (Å²) in [4.78, 5) is 32.8. The number of carbonyl (C=O) groups excluding carboxylic acids is 1. The molecule has 0 aliphatic carbocycles. The lowest BCUT2D eigenvalue weighted by Crippen LogP contribution is -2.22. The second-order valence-corrected chi connectivity index (χ2v) is 8.82. The fourth-order valence-electron chi connectivity index (χ4n) is 2.49. The first-order valence-electron chi connectivity index (χ1n) is 8.62. The van der Waals surface area contributed by atoms with E-state index in [1.807, 2.05) is 25.1 Å². The van der Waals surface area contributed by atoms with Crippen LogP contribution in [0.5, 0.6) is 0 Å². The summed E-state index contributed by atoms with van der Waals surface area (Å²) in [6, 6.07) is 9.10. The zero-order chi connectivity index (χ0) is 20.1. The number of rotatable bonds is 6. The summed E-state index contributed by atoms with van der Waals surface area (Å²) in [7, 11) is 0. The van der Waals surface area contributed by atoms with E-state index in [9.17, 15) is 9.59 Å². The number of nitrogens with one attached hydrogen (secondary N) is 2. The number of thioether (sulfide) groups is 1. The van der Waals surface area contributed by atoms with Gasteiger partial charge >= 0.3 is 5.97 Å². The molecular weight excluding hydrogens is 414 g/mol. The molecule has 0 bridgehead atoms. The Hall–Kier alpha value is -2.23. The molecule has 2 N–H and O–H groups in total. The molecule has 9 heteroatoms. The van der Waals surface area contributed by atoms with Crippen molar-refractivity contribution in [3.8, 4) is 0 Å². The topological polar surface area (TPSA) is 84.1 Å². The lowest BCUT2D eigenvalue weighted by molar-refractivity contribution is 0.0526. The van der Waals surface area contributed by atoms with Crippen LogP contribution in [0.25, 0.3) is 10.2 Å². The third-order valence-electron chi connectivity index (χ3n) is 3.81. The van der Waals surface area contributed by atoms with Crippen LogP contribution in [-0.2, 0) is 17.0 Å². The summed E-state index contributed by atoms with van der Waals surface area (Å²) in [5.74, 6) is 0.904. The van der Waals surface area contributed by atoms with Crippen LogP contribution in [0, 0.1) is 6.92 Å². The number of esters is 1. The number of hydrogen-bond acceptors (Lipinski definition) is 7. The Morgan fingerprint density at radius 1 is 1.36 bits per heavy atom. The number of benzene rings is 1. The molecule has 0 amide bonds. The standard InChI is InChI=1S/C19H19N3O3S3/c1-3-25-18(24)13-6-4-12(5-7-13)10-27-19(26)20-9-15-21-16(23)14-8-11(2)28-17(14)22-15/h4-8H,3,9-10H2,1-2H3,(H,20,26)(H,21,22,23). The van der Waals surface area contributed by atoms with Gasteiger partial charge in [0, 0.05) is 10.6 Å². The van der Waals surface area contributed by atoms with Gasteiger partial charge in [0.15, 0.2) is 0 Å². The Balaban J connectivity index is 1.52. The lowest BCUT2D eigenvalue weighted by Gasteiger charge is -2.08. The van der Waals surface area contributed by atoms with Crippen molar-refractivity contribution in [1.29, 1.82) is 0 Å². The van der Waals surface area contributed by atoms with Crippen LogP contribution in [0.15, 0.2) is 35.1 Å². The molecule has 0 atom stereocenters. The molecule has 3 rings (SSSR count). The van der Waals surface area contributed by atoms with E-state index in [2.05, 4.69) is 15.3 Å². The van der Waals surface area contributed by atoms with E-state index < -0.39 is 0 Å². The quantitative estimate of drug-likeness (QED) is 0.452. The van der Waals surface area contributed by atoms with E-state index in [1.165, 1.54) is 23.1 Å². The van der Waals surface area contributed by atoms with Crippen molar-refractivity contribution in [3.05, 3.63) is 62.5 Å². The van der Waals surface area contributed by atoms with Gasteiger partial charge in [-0.2, -0.15) is 0 Å². The molecular formula is C19H19N3O3S3. The monoisotopic (exact) mass is 433 g/mol. The molecule has 0 aliphatic rings. The van der Waals surface area contributed by atoms with Gasteiger partial charge in [0.25, 0.3) is 5.56 Å². The number of nitrogens with zero attached hydrogens (tertiary/aromatic N) is 1. The predicted octanol–water partition coefficient (Wildman–Crippen LogP) is 3.78. The Morgan fingerprint density at radius 3 is 2.82 bits per heavy atom. The number of H-pyrrole nitrogens is 1. The van der Waals surface area contributed by atoms with Gasteiger partial charge in [0.1, 0.15) is 15.0 Å². The van der Waals surface area contributed by atoms with Crippen LogP contribution in [0.1, 0.15) is 33.5 Å². The Bertz CT molecular complexity index is 1060. The number of hydrogen-bond donors (Lipinski definition) is 2. The first-order valence-corrected chi connectivity index (χ1v) is 10.8.